The normalized spacial score (nSPS) is 11.5. The van der Waals surface area contributed by atoms with E-state index in [0.29, 0.717) is 13.0 Å². The molecule has 0 fully saturated rings. The number of hydrogen-bond donors (Lipinski definition) is 1. The maximum Gasteiger partial charge on any atom is 0.330 e. The second-order valence-electron chi connectivity index (χ2n) is 2.76. The zero-order valence-corrected chi connectivity index (χ0v) is 8.00. The number of carbonyl (C=O) groups is 2. The van der Waals surface area contributed by atoms with Gasteiger partial charge in [0.1, 0.15) is 0 Å². The van der Waals surface area contributed by atoms with Gasteiger partial charge in [-0.05, 0) is 6.92 Å². The first kappa shape index (κ1) is 11.7. The molecule has 0 saturated heterocycles. The van der Waals surface area contributed by atoms with Crippen LogP contribution < -0.4 is 5.32 Å². The Morgan fingerprint density at radius 1 is 1.62 bits per heavy atom. The van der Waals surface area contributed by atoms with E-state index in [1.165, 1.54) is 6.92 Å². The summed E-state index contributed by atoms with van der Waals surface area (Å²) >= 11 is 0. The van der Waals surface area contributed by atoms with E-state index in [-0.39, 0.29) is 11.9 Å². The summed E-state index contributed by atoms with van der Waals surface area (Å²) in [5, 5.41) is 2.68. The molecule has 13 heavy (non-hydrogen) atoms. The molecule has 0 rings (SSSR count). The molecule has 0 heterocycles. The first-order valence-electron chi connectivity index (χ1n) is 4.12. The van der Waals surface area contributed by atoms with Crippen molar-refractivity contribution >= 4 is 11.9 Å². The monoisotopic (exact) mass is 185 g/mol. The van der Waals surface area contributed by atoms with Crippen LogP contribution in [0.15, 0.2) is 12.7 Å². The van der Waals surface area contributed by atoms with Crippen molar-refractivity contribution in [1.29, 1.82) is 0 Å². The molecule has 4 nitrogen and oxygen atoms in total. The largest absolute Gasteiger partial charge is 0.462 e. The quantitative estimate of drug-likeness (QED) is 0.505. The molecular weight excluding hydrogens is 170 g/mol. The molecule has 1 N–H and O–H groups in total. The van der Waals surface area contributed by atoms with Gasteiger partial charge in [-0.25, -0.2) is 4.79 Å². The number of ether oxygens (including phenoxy) is 1. The molecule has 1 amide bonds. The minimum absolute atomic E-state index is 0.0233. The van der Waals surface area contributed by atoms with E-state index in [1.54, 1.807) is 0 Å². The van der Waals surface area contributed by atoms with Crippen molar-refractivity contribution in [3.05, 3.63) is 12.7 Å². The lowest BCUT2D eigenvalue weighted by Gasteiger charge is -2.11. The van der Waals surface area contributed by atoms with E-state index in [1.807, 2.05) is 6.92 Å². The van der Waals surface area contributed by atoms with Crippen LogP contribution in [0.5, 0.6) is 0 Å². The van der Waals surface area contributed by atoms with Gasteiger partial charge in [0, 0.05) is 25.5 Å². The molecule has 1 unspecified atom stereocenters. The van der Waals surface area contributed by atoms with E-state index in [4.69, 9.17) is 4.74 Å². The summed E-state index contributed by atoms with van der Waals surface area (Å²) in [6, 6.07) is 0.0233. The molecule has 0 saturated carbocycles. The summed E-state index contributed by atoms with van der Waals surface area (Å²) in [6.07, 6.45) is 1.72. The number of carbonyl (C=O) groups excluding carboxylic acids is 2. The smallest absolute Gasteiger partial charge is 0.330 e. The van der Waals surface area contributed by atoms with Gasteiger partial charge in [0.25, 0.3) is 0 Å². The Hall–Kier alpha value is -1.32. The van der Waals surface area contributed by atoms with Crippen molar-refractivity contribution in [2.75, 3.05) is 6.61 Å². The van der Waals surface area contributed by atoms with Crippen LogP contribution in [0.2, 0.25) is 0 Å². The lowest BCUT2D eigenvalue weighted by molar-refractivity contribution is -0.137. The number of nitrogens with one attached hydrogen (secondary N) is 1. The molecule has 1 atom stereocenters. The van der Waals surface area contributed by atoms with Crippen molar-refractivity contribution in [2.24, 2.45) is 0 Å². The van der Waals surface area contributed by atoms with E-state index in [9.17, 15) is 9.59 Å². The van der Waals surface area contributed by atoms with Crippen molar-refractivity contribution in [3.63, 3.8) is 0 Å². The first-order chi connectivity index (χ1) is 6.06. The standard InChI is InChI=1S/C9H15NO3/c1-4-9(12)13-6-5-7(2)10-8(3)11/h4,7H,1,5-6H2,2-3H3,(H,10,11). The lowest BCUT2D eigenvalue weighted by Crippen LogP contribution is -2.31. The second-order valence-corrected chi connectivity index (χ2v) is 2.76. The van der Waals surface area contributed by atoms with Gasteiger partial charge in [0.05, 0.1) is 6.61 Å². The Labute approximate surface area is 78.0 Å². The van der Waals surface area contributed by atoms with Gasteiger partial charge in [-0.15, -0.1) is 0 Å². The highest BCUT2D eigenvalue weighted by atomic mass is 16.5. The maximum absolute atomic E-state index is 10.6. The van der Waals surface area contributed by atoms with Crippen LogP contribution in [0.25, 0.3) is 0 Å². The number of hydrogen-bond acceptors (Lipinski definition) is 3. The van der Waals surface area contributed by atoms with Crippen molar-refractivity contribution in [1.82, 2.24) is 5.32 Å². The van der Waals surface area contributed by atoms with Crippen molar-refractivity contribution in [3.8, 4) is 0 Å². The third kappa shape index (κ3) is 7.05. The molecule has 0 aromatic carbocycles. The summed E-state index contributed by atoms with van der Waals surface area (Å²) < 4.78 is 4.74. The molecular formula is C9H15NO3. The summed E-state index contributed by atoms with van der Waals surface area (Å²) in [5.74, 6) is -0.516. The van der Waals surface area contributed by atoms with Crippen LogP contribution in [0, 0.1) is 0 Å². The molecule has 0 bridgehead atoms. The molecule has 0 aromatic heterocycles. The van der Waals surface area contributed by atoms with E-state index >= 15 is 0 Å². The van der Waals surface area contributed by atoms with E-state index in [0.717, 1.165) is 6.08 Å². The van der Waals surface area contributed by atoms with Gasteiger partial charge in [0.2, 0.25) is 5.91 Å². The number of esters is 1. The van der Waals surface area contributed by atoms with Crippen molar-refractivity contribution < 1.29 is 14.3 Å². The Morgan fingerprint density at radius 3 is 2.69 bits per heavy atom. The Morgan fingerprint density at radius 2 is 2.23 bits per heavy atom. The number of amides is 1. The summed E-state index contributed by atoms with van der Waals surface area (Å²) in [4.78, 5) is 21.2. The predicted octanol–water partition coefficient (Wildman–Crippen LogP) is 0.630. The topological polar surface area (TPSA) is 55.4 Å². The average molecular weight is 185 g/mol. The molecule has 0 aliphatic carbocycles. The van der Waals surface area contributed by atoms with E-state index < -0.39 is 5.97 Å². The van der Waals surface area contributed by atoms with Crippen LogP contribution in [-0.2, 0) is 14.3 Å². The minimum atomic E-state index is -0.435. The summed E-state index contributed by atoms with van der Waals surface area (Å²) in [7, 11) is 0. The maximum atomic E-state index is 10.6. The Kier molecular flexibility index (Phi) is 5.59. The fourth-order valence-corrected chi connectivity index (χ4v) is 0.814. The molecule has 0 spiro atoms. The van der Waals surface area contributed by atoms with Gasteiger partial charge in [-0.1, -0.05) is 6.58 Å². The average Bonchev–Trinajstić information content (AvgIpc) is 2.02. The van der Waals surface area contributed by atoms with Gasteiger partial charge < -0.3 is 10.1 Å². The van der Waals surface area contributed by atoms with Gasteiger partial charge >= 0.3 is 5.97 Å². The van der Waals surface area contributed by atoms with Crippen LogP contribution in [0.1, 0.15) is 20.3 Å². The molecule has 4 heteroatoms. The van der Waals surface area contributed by atoms with Crippen LogP contribution in [0.4, 0.5) is 0 Å². The Bertz CT molecular complexity index is 201. The minimum Gasteiger partial charge on any atom is -0.462 e. The fourth-order valence-electron chi connectivity index (χ4n) is 0.814. The molecule has 74 valence electrons. The summed E-state index contributed by atoms with van der Waals surface area (Å²) in [6.45, 7) is 6.86. The molecule has 0 aliphatic rings. The Balaban J connectivity index is 3.47. The molecule has 0 aromatic rings. The highest BCUT2D eigenvalue weighted by molar-refractivity contribution is 5.81. The highest BCUT2D eigenvalue weighted by Crippen LogP contribution is 1.92. The highest BCUT2D eigenvalue weighted by Gasteiger charge is 2.03. The third-order valence-corrected chi connectivity index (χ3v) is 1.41. The number of rotatable bonds is 5. The molecule has 0 aliphatic heterocycles. The van der Waals surface area contributed by atoms with Crippen molar-refractivity contribution in [2.45, 2.75) is 26.3 Å². The van der Waals surface area contributed by atoms with Gasteiger partial charge in [0.15, 0.2) is 0 Å². The van der Waals surface area contributed by atoms with E-state index in [2.05, 4.69) is 11.9 Å². The first-order valence-corrected chi connectivity index (χ1v) is 4.12. The second kappa shape index (κ2) is 6.22. The lowest BCUT2D eigenvalue weighted by atomic mass is 10.2. The van der Waals surface area contributed by atoms with Crippen LogP contribution >= 0.6 is 0 Å². The summed E-state index contributed by atoms with van der Waals surface area (Å²) in [5.41, 5.74) is 0. The molecule has 0 radical (unpaired) electrons. The zero-order chi connectivity index (χ0) is 10.3. The van der Waals surface area contributed by atoms with Crippen LogP contribution in [0.3, 0.4) is 0 Å². The SMILES string of the molecule is C=CC(=O)OCCC(C)NC(C)=O. The van der Waals surface area contributed by atoms with Gasteiger partial charge in [-0.2, -0.15) is 0 Å². The van der Waals surface area contributed by atoms with Gasteiger partial charge in [-0.3, -0.25) is 4.79 Å². The predicted molar refractivity (Wildman–Crippen MR) is 49.1 cm³/mol. The van der Waals surface area contributed by atoms with Crippen LogP contribution in [-0.4, -0.2) is 24.5 Å². The third-order valence-electron chi connectivity index (χ3n) is 1.41. The zero-order valence-electron chi connectivity index (χ0n) is 8.00. The fraction of sp³-hybridized carbons (Fsp3) is 0.556.